The summed E-state index contributed by atoms with van der Waals surface area (Å²) in [7, 11) is 0. The number of rotatable bonds is 5. The first-order valence-corrected chi connectivity index (χ1v) is 5.25. The molecule has 0 atom stereocenters. The summed E-state index contributed by atoms with van der Waals surface area (Å²) in [4.78, 5) is 0. The predicted octanol–water partition coefficient (Wildman–Crippen LogP) is 3.06. The molecular formula is C10H13Cl2N. The van der Waals surface area contributed by atoms with Crippen LogP contribution in [0, 0.1) is 0 Å². The Morgan fingerprint density at radius 1 is 1.15 bits per heavy atom. The third kappa shape index (κ3) is 4.51. The Bertz CT molecular complexity index is 233. The normalized spacial score (nSPS) is 10.3. The topological polar surface area (TPSA) is 12.0 Å². The number of nitrogens with one attached hydrogen (secondary N) is 1. The molecule has 0 amide bonds. The van der Waals surface area contributed by atoms with Crippen LogP contribution in [0.3, 0.4) is 0 Å². The zero-order valence-electron chi connectivity index (χ0n) is 7.39. The average molecular weight is 218 g/mol. The molecule has 0 radical (unpaired) electrons. The molecule has 0 saturated heterocycles. The van der Waals surface area contributed by atoms with Crippen LogP contribution >= 0.6 is 23.2 Å². The van der Waals surface area contributed by atoms with Gasteiger partial charge in [0.2, 0.25) is 0 Å². The lowest BCUT2D eigenvalue weighted by Crippen LogP contribution is -2.14. The van der Waals surface area contributed by atoms with Crippen molar-refractivity contribution in [3.05, 3.63) is 34.9 Å². The quantitative estimate of drug-likeness (QED) is 0.591. The van der Waals surface area contributed by atoms with Crippen LogP contribution in [0.4, 0.5) is 0 Å². The van der Waals surface area contributed by atoms with Crippen molar-refractivity contribution in [3.63, 3.8) is 0 Å². The van der Waals surface area contributed by atoms with E-state index < -0.39 is 0 Å². The molecule has 3 heteroatoms. The Balaban J connectivity index is 2.25. The summed E-state index contributed by atoms with van der Waals surface area (Å²) in [6, 6.07) is 7.85. The molecule has 0 aliphatic rings. The molecule has 0 fully saturated rings. The van der Waals surface area contributed by atoms with Gasteiger partial charge in [-0.15, -0.1) is 11.6 Å². The molecule has 0 heterocycles. The smallest absolute Gasteiger partial charge is 0.0406 e. The number of hydrogen-bond donors (Lipinski definition) is 1. The largest absolute Gasteiger partial charge is 0.313 e. The van der Waals surface area contributed by atoms with E-state index in [-0.39, 0.29) is 0 Å². The number of alkyl halides is 1. The van der Waals surface area contributed by atoms with E-state index in [1.54, 1.807) is 0 Å². The molecule has 0 spiro atoms. The molecule has 1 aromatic rings. The van der Waals surface area contributed by atoms with Gasteiger partial charge in [-0.1, -0.05) is 23.7 Å². The second-order valence-corrected chi connectivity index (χ2v) is 3.66. The van der Waals surface area contributed by atoms with E-state index in [4.69, 9.17) is 23.2 Å². The summed E-state index contributed by atoms with van der Waals surface area (Å²) in [5, 5.41) is 4.08. The zero-order chi connectivity index (χ0) is 9.52. The summed E-state index contributed by atoms with van der Waals surface area (Å²) in [6.45, 7) is 1.85. The van der Waals surface area contributed by atoms with Crippen LogP contribution in [0.15, 0.2) is 24.3 Å². The van der Waals surface area contributed by atoms with Crippen molar-refractivity contribution in [1.29, 1.82) is 0 Å². The van der Waals surface area contributed by atoms with Gasteiger partial charge in [-0.3, -0.25) is 0 Å². The van der Waals surface area contributed by atoms with Gasteiger partial charge < -0.3 is 5.32 Å². The van der Waals surface area contributed by atoms with Gasteiger partial charge in [0.25, 0.3) is 0 Å². The Kier molecular flexibility index (Phi) is 5.21. The zero-order valence-corrected chi connectivity index (χ0v) is 8.91. The minimum atomic E-state index is 0.716. The van der Waals surface area contributed by atoms with Crippen LogP contribution in [0.5, 0.6) is 0 Å². The lowest BCUT2D eigenvalue weighted by Gasteiger charge is -2.03. The first kappa shape index (κ1) is 10.8. The molecule has 0 saturated carbocycles. The molecule has 13 heavy (non-hydrogen) atoms. The van der Waals surface area contributed by atoms with Crippen LogP contribution in [0.1, 0.15) is 12.0 Å². The second-order valence-electron chi connectivity index (χ2n) is 2.85. The molecule has 0 aromatic heterocycles. The SMILES string of the molecule is ClCCCNCc1ccc(Cl)cc1. The highest BCUT2D eigenvalue weighted by molar-refractivity contribution is 6.30. The summed E-state index contributed by atoms with van der Waals surface area (Å²) in [6.07, 6.45) is 1.01. The lowest BCUT2D eigenvalue weighted by molar-refractivity contribution is 0.678. The van der Waals surface area contributed by atoms with Gasteiger partial charge in [0.15, 0.2) is 0 Å². The molecule has 0 unspecified atom stereocenters. The van der Waals surface area contributed by atoms with Gasteiger partial charge in [0, 0.05) is 17.4 Å². The van der Waals surface area contributed by atoms with Crippen molar-refractivity contribution in [2.75, 3.05) is 12.4 Å². The lowest BCUT2D eigenvalue weighted by atomic mass is 10.2. The predicted molar refractivity (Wildman–Crippen MR) is 58.5 cm³/mol. The van der Waals surface area contributed by atoms with E-state index in [1.165, 1.54) is 5.56 Å². The maximum absolute atomic E-state index is 5.76. The molecule has 1 rings (SSSR count). The van der Waals surface area contributed by atoms with Crippen molar-refractivity contribution in [2.24, 2.45) is 0 Å². The Morgan fingerprint density at radius 2 is 1.85 bits per heavy atom. The van der Waals surface area contributed by atoms with Crippen LogP contribution in [-0.2, 0) is 6.54 Å². The van der Waals surface area contributed by atoms with Crippen molar-refractivity contribution >= 4 is 23.2 Å². The van der Waals surface area contributed by atoms with E-state index in [0.29, 0.717) is 5.88 Å². The maximum Gasteiger partial charge on any atom is 0.0406 e. The summed E-state index contributed by atoms with van der Waals surface area (Å²) >= 11 is 11.3. The fourth-order valence-corrected chi connectivity index (χ4v) is 1.29. The van der Waals surface area contributed by atoms with Crippen LogP contribution in [-0.4, -0.2) is 12.4 Å². The Morgan fingerprint density at radius 3 is 2.46 bits per heavy atom. The van der Waals surface area contributed by atoms with Gasteiger partial charge in [0.1, 0.15) is 0 Å². The van der Waals surface area contributed by atoms with Gasteiger partial charge in [-0.25, -0.2) is 0 Å². The summed E-state index contributed by atoms with van der Waals surface area (Å²) < 4.78 is 0. The number of benzene rings is 1. The summed E-state index contributed by atoms with van der Waals surface area (Å²) in [5.41, 5.74) is 1.25. The first-order valence-electron chi connectivity index (χ1n) is 4.34. The minimum absolute atomic E-state index is 0.716. The van der Waals surface area contributed by atoms with E-state index >= 15 is 0 Å². The highest BCUT2D eigenvalue weighted by Gasteiger charge is 1.91. The molecule has 0 aliphatic heterocycles. The monoisotopic (exact) mass is 217 g/mol. The average Bonchev–Trinajstić information content (AvgIpc) is 2.15. The van der Waals surface area contributed by atoms with E-state index in [1.807, 2.05) is 24.3 Å². The first-order chi connectivity index (χ1) is 6.33. The maximum atomic E-state index is 5.76. The highest BCUT2D eigenvalue weighted by atomic mass is 35.5. The van der Waals surface area contributed by atoms with Crippen molar-refractivity contribution in [1.82, 2.24) is 5.32 Å². The van der Waals surface area contributed by atoms with Crippen molar-refractivity contribution in [3.8, 4) is 0 Å². The van der Waals surface area contributed by atoms with Gasteiger partial charge in [-0.05, 0) is 30.7 Å². The fourth-order valence-electron chi connectivity index (χ4n) is 1.03. The van der Waals surface area contributed by atoms with Crippen LogP contribution in [0.25, 0.3) is 0 Å². The number of halogens is 2. The highest BCUT2D eigenvalue weighted by Crippen LogP contribution is 2.08. The molecule has 1 nitrogen and oxygen atoms in total. The van der Waals surface area contributed by atoms with E-state index in [9.17, 15) is 0 Å². The molecule has 72 valence electrons. The van der Waals surface area contributed by atoms with E-state index in [0.717, 1.165) is 24.5 Å². The summed E-state index contributed by atoms with van der Waals surface area (Å²) in [5.74, 6) is 0.716. The fraction of sp³-hybridized carbons (Fsp3) is 0.400. The van der Waals surface area contributed by atoms with Crippen molar-refractivity contribution in [2.45, 2.75) is 13.0 Å². The van der Waals surface area contributed by atoms with Gasteiger partial charge in [-0.2, -0.15) is 0 Å². The van der Waals surface area contributed by atoms with E-state index in [2.05, 4.69) is 5.32 Å². The standard InChI is InChI=1S/C10H13Cl2N/c11-6-1-7-13-8-9-2-4-10(12)5-3-9/h2-5,13H,1,6-8H2. The molecule has 0 bridgehead atoms. The van der Waals surface area contributed by atoms with Gasteiger partial charge >= 0.3 is 0 Å². The molecule has 0 aliphatic carbocycles. The molecular weight excluding hydrogens is 205 g/mol. The Labute approximate surface area is 89.0 Å². The van der Waals surface area contributed by atoms with Crippen molar-refractivity contribution < 1.29 is 0 Å². The third-order valence-electron chi connectivity index (χ3n) is 1.73. The Hall–Kier alpha value is -0.240. The third-order valence-corrected chi connectivity index (χ3v) is 2.25. The molecule has 1 N–H and O–H groups in total. The van der Waals surface area contributed by atoms with Crippen LogP contribution in [0.2, 0.25) is 5.02 Å². The second kappa shape index (κ2) is 6.25. The van der Waals surface area contributed by atoms with Crippen LogP contribution < -0.4 is 5.32 Å². The molecule has 1 aromatic carbocycles. The minimum Gasteiger partial charge on any atom is -0.313 e. The van der Waals surface area contributed by atoms with Gasteiger partial charge in [0.05, 0.1) is 0 Å². The number of hydrogen-bond acceptors (Lipinski definition) is 1.